The van der Waals surface area contributed by atoms with Crippen molar-refractivity contribution in [1.29, 1.82) is 0 Å². The topological polar surface area (TPSA) is 58.2 Å². The summed E-state index contributed by atoms with van der Waals surface area (Å²) in [6.07, 6.45) is 3.79. The van der Waals surface area contributed by atoms with Gasteiger partial charge in [0.2, 0.25) is 0 Å². The van der Waals surface area contributed by atoms with Crippen LogP contribution in [0.1, 0.15) is 43.9 Å². The van der Waals surface area contributed by atoms with E-state index in [-0.39, 0.29) is 5.91 Å². The van der Waals surface area contributed by atoms with Gasteiger partial charge in [-0.3, -0.25) is 9.89 Å². The van der Waals surface area contributed by atoms with Crippen molar-refractivity contribution >= 4 is 5.91 Å². The van der Waals surface area contributed by atoms with Crippen LogP contribution in [0.2, 0.25) is 0 Å². The Balaban J connectivity index is 1.73. The molecule has 5 nitrogen and oxygen atoms in total. The molecule has 1 saturated heterocycles. The highest BCUT2D eigenvalue weighted by Crippen LogP contribution is 2.34. The summed E-state index contributed by atoms with van der Waals surface area (Å²) in [4.78, 5) is 14.5. The lowest BCUT2D eigenvalue weighted by Gasteiger charge is -2.36. The molecule has 5 heteroatoms. The van der Waals surface area contributed by atoms with Gasteiger partial charge in [0.15, 0.2) is 0 Å². The molecule has 0 radical (unpaired) electrons. The Kier molecular flexibility index (Phi) is 4.95. The lowest BCUT2D eigenvalue weighted by atomic mass is 9.88. The number of H-pyrrole nitrogens is 1. The van der Waals surface area contributed by atoms with E-state index < -0.39 is 5.60 Å². The first-order valence-electron chi connectivity index (χ1n) is 8.87. The quantitative estimate of drug-likeness (QED) is 0.926. The van der Waals surface area contributed by atoms with Gasteiger partial charge in [0.25, 0.3) is 5.91 Å². The van der Waals surface area contributed by atoms with Gasteiger partial charge in [-0.1, -0.05) is 29.8 Å². The maximum atomic E-state index is 12.6. The van der Waals surface area contributed by atoms with Crippen LogP contribution < -0.4 is 0 Å². The number of piperidine rings is 1. The maximum absolute atomic E-state index is 12.6. The van der Waals surface area contributed by atoms with Crippen molar-refractivity contribution in [2.75, 3.05) is 20.2 Å². The highest BCUT2D eigenvalue weighted by Gasteiger charge is 2.34. The predicted molar refractivity (Wildman–Crippen MR) is 98.4 cm³/mol. The number of benzene rings is 1. The van der Waals surface area contributed by atoms with Gasteiger partial charge in [0, 0.05) is 37.4 Å². The number of hydrogen-bond donors (Lipinski definition) is 1. The number of amides is 1. The first kappa shape index (κ1) is 17.7. The van der Waals surface area contributed by atoms with Crippen molar-refractivity contribution in [3.8, 4) is 11.1 Å². The highest BCUT2D eigenvalue weighted by molar-refractivity contribution is 5.84. The highest BCUT2D eigenvalue weighted by atomic mass is 16.5. The third-order valence-electron chi connectivity index (χ3n) is 5.21. The molecule has 0 bridgehead atoms. The second-order valence-electron chi connectivity index (χ2n) is 7.35. The summed E-state index contributed by atoms with van der Waals surface area (Å²) in [5, 5.41) is 7.49. The molecule has 25 heavy (non-hydrogen) atoms. The zero-order valence-electron chi connectivity index (χ0n) is 15.5. The fourth-order valence-electron chi connectivity index (χ4n) is 3.49. The largest absolute Gasteiger partial charge is 0.369 e. The minimum atomic E-state index is -0.756. The van der Waals surface area contributed by atoms with Gasteiger partial charge in [-0.2, -0.15) is 5.10 Å². The molecule has 1 N–H and O–H groups in total. The summed E-state index contributed by atoms with van der Waals surface area (Å²) in [7, 11) is 1.59. The Morgan fingerprint density at radius 3 is 2.68 bits per heavy atom. The van der Waals surface area contributed by atoms with E-state index in [1.54, 1.807) is 7.11 Å². The number of likely N-dealkylation sites (tertiary alicyclic amines) is 1. The van der Waals surface area contributed by atoms with Crippen molar-refractivity contribution in [1.82, 2.24) is 15.1 Å². The Hall–Kier alpha value is -2.14. The van der Waals surface area contributed by atoms with Crippen LogP contribution >= 0.6 is 0 Å². The van der Waals surface area contributed by atoms with E-state index in [1.165, 1.54) is 22.4 Å². The SMILES string of the molecule is COC(C)(C)C(=O)N1CCC(c2[nH]ncc2-c2cccc(C)c2)CC1. The van der Waals surface area contributed by atoms with Gasteiger partial charge in [-0.15, -0.1) is 0 Å². The van der Waals surface area contributed by atoms with Gasteiger partial charge in [0.1, 0.15) is 5.60 Å². The molecule has 0 aliphatic carbocycles. The molecule has 2 heterocycles. The number of hydrogen-bond acceptors (Lipinski definition) is 3. The van der Waals surface area contributed by atoms with Crippen LogP contribution in [-0.4, -0.2) is 46.8 Å². The summed E-state index contributed by atoms with van der Waals surface area (Å²) in [6, 6.07) is 8.50. The van der Waals surface area contributed by atoms with Crippen LogP contribution in [-0.2, 0) is 9.53 Å². The minimum Gasteiger partial charge on any atom is -0.369 e. The van der Waals surface area contributed by atoms with E-state index in [4.69, 9.17) is 4.74 Å². The number of carbonyl (C=O) groups is 1. The number of methoxy groups -OCH3 is 1. The summed E-state index contributed by atoms with van der Waals surface area (Å²) < 4.78 is 5.33. The van der Waals surface area contributed by atoms with E-state index in [0.29, 0.717) is 5.92 Å². The summed E-state index contributed by atoms with van der Waals surface area (Å²) >= 11 is 0. The molecule has 1 aromatic carbocycles. The third kappa shape index (κ3) is 3.61. The van der Waals surface area contributed by atoms with E-state index in [9.17, 15) is 4.79 Å². The van der Waals surface area contributed by atoms with E-state index in [0.717, 1.165) is 25.9 Å². The van der Waals surface area contributed by atoms with Crippen LogP contribution in [0.5, 0.6) is 0 Å². The lowest BCUT2D eigenvalue weighted by Crippen LogP contribution is -2.49. The van der Waals surface area contributed by atoms with Crippen LogP contribution in [0, 0.1) is 6.92 Å². The smallest absolute Gasteiger partial charge is 0.254 e. The van der Waals surface area contributed by atoms with Gasteiger partial charge < -0.3 is 9.64 Å². The average molecular weight is 341 g/mol. The normalized spacial score (nSPS) is 16.2. The van der Waals surface area contributed by atoms with Crippen molar-refractivity contribution in [3.63, 3.8) is 0 Å². The van der Waals surface area contributed by atoms with E-state index in [2.05, 4.69) is 41.4 Å². The second-order valence-corrected chi connectivity index (χ2v) is 7.35. The molecule has 0 atom stereocenters. The zero-order chi connectivity index (χ0) is 18.0. The molecule has 1 aromatic heterocycles. The second kappa shape index (κ2) is 7.00. The van der Waals surface area contributed by atoms with Crippen LogP contribution in [0.25, 0.3) is 11.1 Å². The van der Waals surface area contributed by atoms with Crippen LogP contribution in [0.3, 0.4) is 0 Å². The van der Waals surface area contributed by atoms with Crippen LogP contribution in [0.4, 0.5) is 0 Å². The lowest BCUT2D eigenvalue weighted by molar-refractivity contribution is -0.152. The Morgan fingerprint density at radius 1 is 1.32 bits per heavy atom. The third-order valence-corrected chi connectivity index (χ3v) is 5.21. The Bertz CT molecular complexity index is 743. The number of nitrogens with zero attached hydrogens (tertiary/aromatic N) is 2. The molecule has 1 aliphatic rings. The number of rotatable bonds is 4. The Morgan fingerprint density at radius 2 is 2.04 bits per heavy atom. The standard InChI is InChI=1S/C20H27N3O2/c1-14-6-5-7-16(12-14)17-13-21-22-18(17)15-8-10-23(11-9-15)19(24)20(2,3)25-4/h5-7,12-13,15H,8-11H2,1-4H3,(H,21,22). The van der Waals surface area contributed by atoms with Crippen molar-refractivity contribution < 1.29 is 9.53 Å². The number of nitrogens with one attached hydrogen (secondary N) is 1. The molecule has 0 saturated carbocycles. The molecule has 1 fully saturated rings. The first-order valence-corrected chi connectivity index (χ1v) is 8.87. The van der Waals surface area contributed by atoms with E-state index in [1.807, 2.05) is 24.9 Å². The molecule has 2 aromatic rings. The molecule has 3 rings (SSSR count). The van der Waals surface area contributed by atoms with Gasteiger partial charge in [-0.25, -0.2) is 0 Å². The van der Waals surface area contributed by atoms with Gasteiger partial charge >= 0.3 is 0 Å². The fraction of sp³-hybridized carbons (Fsp3) is 0.500. The van der Waals surface area contributed by atoms with Crippen LogP contribution in [0.15, 0.2) is 30.5 Å². The number of aryl methyl sites for hydroxylation is 1. The molecular weight excluding hydrogens is 314 g/mol. The number of ether oxygens (including phenoxy) is 1. The molecular formula is C20H27N3O2. The molecule has 0 unspecified atom stereocenters. The molecule has 1 amide bonds. The maximum Gasteiger partial charge on any atom is 0.254 e. The van der Waals surface area contributed by atoms with Crippen molar-refractivity contribution in [3.05, 3.63) is 41.7 Å². The summed E-state index contributed by atoms with van der Waals surface area (Å²) in [6.45, 7) is 7.26. The van der Waals surface area contributed by atoms with Gasteiger partial charge in [-0.05, 0) is 39.2 Å². The number of aromatic amines is 1. The predicted octanol–water partition coefficient (Wildman–Crippen LogP) is 3.52. The number of carbonyl (C=O) groups excluding carboxylic acids is 1. The zero-order valence-corrected chi connectivity index (χ0v) is 15.5. The van der Waals surface area contributed by atoms with Crippen molar-refractivity contribution in [2.24, 2.45) is 0 Å². The van der Waals surface area contributed by atoms with Gasteiger partial charge in [0.05, 0.1) is 6.20 Å². The molecule has 0 spiro atoms. The number of aromatic nitrogens is 2. The molecule has 134 valence electrons. The first-order chi connectivity index (χ1) is 11.9. The minimum absolute atomic E-state index is 0.0666. The summed E-state index contributed by atoms with van der Waals surface area (Å²) in [5.74, 6) is 0.463. The van der Waals surface area contributed by atoms with Crippen molar-refractivity contribution in [2.45, 2.75) is 45.1 Å². The monoisotopic (exact) mass is 341 g/mol. The fourth-order valence-corrected chi connectivity index (χ4v) is 3.49. The molecule has 1 aliphatic heterocycles. The summed E-state index contributed by atoms with van der Waals surface area (Å²) in [5.41, 5.74) is 4.04. The average Bonchev–Trinajstić information content (AvgIpc) is 3.11. The van der Waals surface area contributed by atoms with E-state index >= 15 is 0 Å². The Labute approximate surface area is 149 Å².